The summed E-state index contributed by atoms with van der Waals surface area (Å²) in [6, 6.07) is 10.1. The van der Waals surface area contributed by atoms with Crippen LogP contribution in [0.15, 0.2) is 104 Å². The van der Waals surface area contributed by atoms with Gasteiger partial charge < -0.3 is 0 Å². The van der Waals surface area contributed by atoms with Crippen molar-refractivity contribution in [1.29, 1.82) is 0 Å². The van der Waals surface area contributed by atoms with Gasteiger partial charge in [-0.05, 0) is 68.5 Å². The number of carbonyl (C=O) groups excluding carboxylic acids is 2. The molecule has 12 nitrogen and oxygen atoms in total. The summed E-state index contributed by atoms with van der Waals surface area (Å²) < 4.78 is 63.1. The lowest BCUT2D eigenvalue weighted by atomic mass is 10.0. The van der Waals surface area contributed by atoms with E-state index >= 15 is 0 Å². The molecular weight excluding hydrogens is 548 g/mol. The fourth-order valence-electron chi connectivity index (χ4n) is 3.78. The van der Waals surface area contributed by atoms with Crippen LogP contribution in [0.2, 0.25) is 0 Å². The third kappa shape index (κ3) is 5.93. The van der Waals surface area contributed by atoms with E-state index in [4.69, 9.17) is 9.11 Å². The Morgan fingerprint density at radius 1 is 0.744 bits per heavy atom. The van der Waals surface area contributed by atoms with Crippen LogP contribution in [0.25, 0.3) is 0 Å². The van der Waals surface area contributed by atoms with E-state index in [-0.39, 0.29) is 15.7 Å². The number of carbonyl (C=O) groups is 2. The minimum Gasteiger partial charge on any atom is -0.282 e. The molecule has 0 fully saturated rings. The average molecular weight is 571 g/mol. The Balaban J connectivity index is 1.41. The Kier molecular flexibility index (Phi) is 7.48. The molecule has 0 saturated carbocycles. The van der Waals surface area contributed by atoms with Crippen molar-refractivity contribution in [2.75, 3.05) is 10.0 Å². The zero-order valence-electron chi connectivity index (χ0n) is 20.5. The molecule has 2 aliphatic rings. The van der Waals surface area contributed by atoms with Gasteiger partial charge in [-0.2, -0.15) is 37.1 Å². The van der Waals surface area contributed by atoms with Crippen LogP contribution in [0.5, 0.6) is 0 Å². The number of anilines is 2. The summed E-state index contributed by atoms with van der Waals surface area (Å²) in [7, 11) is -8.71. The number of amides is 2. The molecule has 4 rings (SSSR count). The lowest BCUT2D eigenvalue weighted by molar-refractivity contribution is -0.118. The Morgan fingerprint density at radius 3 is 1.77 bits per heavy atom. The summed E-state index contributed by atoms with van der Waals surface area (Å²) in [6.45, 7) is 3.33. The van der Waals surface area contributed by atoms with Gasteiger partial charge in [0, 0.05) is 0 Å². The zero-order valence-corrected chi connectivity index (χ0v) is 22.2. The van der Waals surface area contributed by atoms with E-state index in [2.05, 4.69) is 10.2 Å². The van der Waals surface area contributed by atoms with Crippen LogP contribution in [0.3, 0.4) is 0 Å². The van der Waals surface area contributed by atoms with Gasteiger partial charge in [0.15, 0.2) is 0 Å². The SMILES string of the molecule is CC1=NN(c2ccc(S(=O)(=O)O)cc2)C(=O)\C1=C/C=C/C=C/[C@@H]1C(=O)N(c2ccc(S(=O)(=O)O)cc2)N=C1C. The quantitative estimate of drug-likeness (QED) is 0.290. The molecule has 2 heterocycles. The van der Waals surface area contributed by atoms with Crippen molar-refractivity contribution < 1.29 is 35.5 Å². The maximum atomic E-state index is 12.8. The molecule has 2 amide bonds. The van der Waals surface area contributed by atoms with Crippen molar-refractivity contribution >= 4 is 54.8 Å². The van der Waals surface area contributed by atoms with Crippen molar-refractivity contribution in [3.63, 3.8) is 0 Å². The summed E-state index contributed by atoms with van der Waals surface area (Å²) in [4.78, 5) is 25.1. The van der Waals surface area contributed by atoms with Gasteiger partial charge in [0.1, 0.15) is 0 Å². The fraction of sp³-hybridized carbons (Fsp3) is 0.120. The van der Waals surface area contributed by atoms with Gasteiger partial charge in [-0.15, -0.1) is 0 Å². The van der Waals surface area contributed by atoms with Crippen molar-refractivity contribution in [2.24, 2.45) is 16.1 Å². The predicted molar refractivity (Wildman–Crippen MR) is 144 cm³/mol. The van der Waals surface area contributed by atoms with E-state index in [1.807, 2.05) is 0 Å². The monoisotopic (exact) mass is 570 g/mol. The summed E-state index contributed by atoms with van der Waals surface area (Å²) >= 11 is 0. The van der Waals surface area contributed by atoms with Gasteiger partial charge in [-0.3, -0.25) is 18.7 Å². The van der Waals surface area contributed by atoms with E-state index in [0.717, 1.165) is 10.0 Å². The van der Waals surface area contributed by atoms with Crippen LogP contribution in [-0.2, 0) is 29.8 Å². The van der Waals surface area contributed by atoms with Crippen molar-refractivity contribution in [3.05, 3.63) is 84.5 Å². The topological polar surface area (TPSA) is 174 Å². The number of hydrogen-bond donors (Lipinski definition) is 2. The highest BCUT2D eigenvalue weighted by molar-refractivity contribution is 7.86. The largest absolute Gasteiger partial charge is 0.294 e. The molecule has 2 aromatic carbocycles. The van der Waals surface area contributed by atoms with E-state index in [1.165, 1.54) is 48.5 Å². The molecule has 0 bridgehead atoms. The molecule has 2 N–H and O–H groups in total. The number of allylic oxidation sites excluding steroid dienone is 4. The molecule has 14 heteroatoms. The Morgan fingerprint density at radius 2 is 1.26 bits per heavy atom. The Hall–Kier alpha value is -4.24. The van der Waals surface area contributed by atoms with Gasteiger partial charge in [0.2, 0.25) is 0 Å². The maximum Gasteiger partial charge on any atom is 0.294 e. The first-order chi connectivity index (χ1) is 18.3. The van der Waals surface area contributed by atoms with Crippen molar-refractivity contribution in [1.82, 2.24) is 0 Å². The van der Waals surface area contributed by atoms with Crippen LogP contribution in [0.4, 0.5) is 11.4 Å². The maximum absolute atomic E-state index is 12.8. The van der Waals surface area contributed by atoms with E-state index in [0.29, 0.717) is 28.4 Å². The summed E-state index contributed by atoms with van der Waals surface area (Å²) in [5.41, 5.74) is 1.94. The first-order valence-corrected chi connectivity index (χ1v) is 14.1. The van der Waals surface area contributed by atoms with Crippen LogP contribution in [0.1, 0.15) is 13.8 Å². The highest BCUT2D eigenvalue weighted by Crippen LogP contribution is 2.27. The summed E-state index contributed by atoms with van der Waals surface area (Å²) in [5, 5.41) is 10.7. The van der Waals surface area contributed by atoms with E-state index in [1.54, 1.807) is 44.2 Å². The second kappa shape index (κ2) is 10.5. The minimum atomic E-state index is -4.36. The number of hydrazone groups is 2. The second-order valence-electron chi connectivity index (χ2n) is 8.46. The molecule has 0 radical (unpaired) electrons. The highest BCUT2D eigenvalue weighted by Gasteiger charge is 2.32. The Bertz CT molecular complexity index is 1700. The first kappa shape index (κ1) is 27.8. The van der Waals surface area contributed by atoms with Gasteiger partial charge in [-0.25, -0.2) is 0 Å². The molecule has 0 aliphatic carbocycles. The van der Waals surface area contributed by atoms with E-state index in [9.17, 15) is 26.4 Å². The summed E-state index contributed by atoms with van der Waals surface area (Å²) in [6.07, 6.45) is 8.04. The molecule has 1 atom stereocenters. The Labute approximate surface area is 224 Å². The van der Waals surface area contributed by atoms with Gasteiger partial charge in [-0.1, -0.05) is 24.3 Å². The summed E-state index contributed by atoms with van der Waals surface area (Å²) in [5.74, 6) is -1.42. The fourth-order valence-corrected chi connectivity index (χ4v) is 4.74. The first-order valence-electron chi connectivity index (χ1n) is 11.3. The lowest BCUT2D eigenvalue weighted by Gasteiger charge is -2.13. The molecule has 0 spiro atoms. The number of benzene rings is 2. The minimum absolute atomic E-state index is 0.298. The van der Waals surface area contributed by atoms with Gasteiger partial charge in [0.25, 0.3) is 32.1 Å². The molecule has 39 heavy (non-hydrogen) atoms. The standard InChI is InChI=1S/C25H22N4O8S2/c1-16-22(24(30)28(26-16)18-8-12-20(13-9-18)38(32,33)34)6-4-3-5-7-23-17(2)27-29(25(23)31)19-10-14-21(15-11-19)39(35,36)37/h3-15,22H,1-2H3,(H,32,33,34)(H,35,36,37)/b5-3+,6-4+,23-7-/t22-/m0/s1. The van der Waals surface area contributed by atoms with Gasteiger partial charge in [0.05, 0.1) is 44.1 Å². The van der Waals surface area contributed by atoms with Gasteiger partial charge >= 0.3 is 0 Å². The van der Waals surface area contributed by atoms with Crippen LogP contribution < -0.4 is 10.0 Å². The van der Waals surface area contributed by atoms with Crippen LogP contribution >= 0.6 is 0 Å². The molecule has 0 saturated heterocycles. The molecule has 2 aromatic rings. The zero-order chi connectivity index (χ0) is 28.5. The lowest BCUT2D eigenvalue weighted by Crippen LogP contribution is -2.25. The molecule has 2 aliphatic heterocycles. The number of rotatable bonds is 7. The third-order valence-corrected chi connectivity index (χ3v) is 7.53. The molecular formula is C25H22N4O8S2. The molecule has 202 valence electrons. The number of hydrogen-bond acceptors (Lipinski definition) is 8. The van der Waals surface area contributed by atoms with Crippen molar-refractivity contribution in [2.45, 2.75) is 23.6 Å². The molecule has 0 aromatic heterocycles. The molecule has 0 unspecified atom stereocenters. The highest BCUT2D eigenvalue weighted by atomic mass is 32.2. The van der Waals surface area contributed by atoms with Crippen LogP contribution in [-0.4, -0.2) is 49.2 Å². The van der Waals surface area contributed by atoms with Crippen LogP contribution in [0, 0.1) is 5.92 Å². The van der Waals surface area contributed by atoms with Crippen molar-refractivity contribution in [3.8, 4) is 0 Å². The predicted octanol–water partition coefficient (Wildman–Crippen LogP) is 2.98. The average Bonchev–Trinajstić information content (AvgIpc) is 3.32. The smallest absolute Gasteiger partial charge is 0.282 e. The number of nitrogens with zero attached hydrogens (tertiary/aromatic N) is 4. The van der Waals surface area contributed by atoms with E-state index < -0.39 is 32.1 Å². The third-order valence-electron chi connectivity index (χ3n) is 5.79. The normalized spacial score (nSPS) is 19.6. The second-order valence-corrected chi connectivity index (χ2v) is 11.3.